The fraction of sp³-hybridized carbons (Fsp3) is 0.133. The molecule has 0 bridgehead atoms. The van der Waals surface area contributed by atoms with Gasteiger partial charge in [0.1, 0.15) is 28.4 Å². The monoisotopic (exact) mass is 536 g/mol. The largest absolute Gasteiger partial charge is 0.465 e. The number of amides is 1. The zero-order chi connectivity index (χ0) is 28.1. The normalized spacial score (nSPS) is 11.2. The van der Waals surface area contributed by atoms with Crippen LogP contribution in [-0.2, 0) is 12.6 Å². The molecule has 1 heterocycles. The summed E-state index contributed by atoms with van der Waals surface area (Å²) in [4.78, 5) is 35.5. The molecule has 0 radical (unpaired) electrons. The quantitative estimate of drug-likeness (QED) is 0.0976. The van der Waals surface area contributed by atoms with Crippen LogP contribution in [0.5, 0.6) is 0 Å². The molecule has 10 heteroatoms. The third-order valence-corrected chi connectivity index (χ3v) is 6.74. The van der Waals surface area contributed by atoms with Crippen molar-refractivity contribution in [2.24, 2.45) is 7.05 Å². The van der Waals surface area contributed by atoms with E-state index in [1.807, 2.05) is 54.6 Å². The number of anilines is 4. The van der Waals surface area contributed by atoms with Crippen LogP contribution >= 0.6 is 0 Å². The molecular formula is C30H28N6O4. The molecule has 0 spiro atoms. The first-order valence-corrected chi connectivity index (χ1v) is 12.7. The first-order valence-electron chi connectivity index (χ1n) is 12.7. The lowest BCUT2D eigenvalue weighted by Crippen LogP contribution is -2.39. The Bertz CT molecular complexity index is 1580. The molecule has 0 unspecified atom stereocenters. The van der Waals surface area contributed by atoms with Gasteiger partial charge in [0.15, 0.2) is 0 Å². The third-order valence-electron chi connectivity index (χ3n) is 6.74. The van der Waals surface area contributed by atoms with Crippen LogP contribution in [0.1, 0.15) is 16.7 Å². The molecular weight excluding hydrogens is 508 g/mol. The van der Waals surface area contributed by atoms with Gasteiger partial charge in [-0.1, -0.05) is 91.0 Å². The fourth-order valence-electron chi connectivity index (χ4n) is 4.81. The molecule has 0 aliphatic carbocycles. The van der Waals surface area contributed by atoms with Crippen molar-refractivity contribution in [3.63, 3.8) is 0 Å². The van der Waals surface area contributed by atoms with Crippen molar-refractivity contribution in [3.05, 3.63) is 134 Å². The number of carboxylic acid groups (broad SMARTS) is 1. The third kappa shape index (κ3) is 4.90. The van der Waals surface area contributed by atoms with Crippen molar-refractivity contribution in [1.82, 2.24) is 15.1 Å². The molecule has 1 aromatic heterocycles. The molecule has 202 valence electrons. The van der Waals surface area contributed by atoms with E-state index < -0.39 is 22.5 Å². The van der Waals surface area contributed by atoms with Crippen molar-refractivity contribution < 1.29 is 9.90 Å². The maximum Gasteiger partial charge on any atom is 0.404 e. The predicted octanol–water partition coefficient (Wildman–Crippen LogP) is 3.84. The lowest BCUT2D eigenvalue weighted by Gasteiger charge is -2.38. The molecule has 0 fully saturated rings. The highest BCUT2D eigenvalue weighted by Gasteiger charge is 2.38. The summed E-state index contributed by atoms with van der Waals surface area (Å²) in [6, 6.07) is 30.2. The molecule has 5 rings (SSSR count). The second-order valence-electron chi connectivity index (χ2n) is 9.20. The molecule has 5 N–H and O–H groups in total. The second-order valence-corrected chi connectivity index (χ2v) is 9.20. The van der Waals surface area contributed by atoms with E-state index in [0.29, 0.717) is 11.5 Å². The van der Waals surface area contributed by atoms with Crippen LogP contribution in [0, 0.1) is 0 Å². The van der Waals surface area contributed by atoms with Gasteiger partial charge in [0, 0.05) is 20.1 Å². The zero-order valence-corrected chi connectivity index (χ0v) is 21.7. The Morgan fingerprint density at radius 3 is 1.80 bits per heavy atom. The van der Waals surface area contributed by atoms with Crippen LogP contribution < -0.4 is 32.1 Å². The fourth-order valence-corrected chi connectivity index (χ4v) is 4.81. The predicted molar refractivity (Wildman–Crippen MR) is 155 cm³/mol. The van der Waals surface area contributed by atoms with Gasteiger partial charge in [0.05, 0.1) is 6.20 Å². The van der Waals surface area contributed by atoms with E-state index in [2.05, 4.69) is 62.8 Å². The van der Waals surface area contributed by atoms with Crippen molar-refractivity contribution >= 4 is 29.0 Å². The van der Waals surface area contributed by atoms with Crippen molar-refractivity contribution in [3.8, 4) is 0 Å². The molecule has 0 atom stereocenters. The molecule has 0 saturated heterocycles. The number of nitrogens with one attached hydrogen (secondary N) is 4. The van der Waals surface area contributed by atoms with E-state index >= 15 is 0 Å². The van der Waals surface area contributed by atoms with Gasteiger partial charge in [0.25, 0.3) is 10.9 Å². The number of rotatable bonds is 11. The minimum atomic E-state index is -1.17. The van der Waals surface area contributed by atoms with Crippen LogP contribution in [0.25, 0.3) is 0 Å². The highest BCUT2D eigenvalue weighted by Crippen LogP contribution is 2.41. The molecule has 40 heavy (non-hydrogen) atoms. The van der Waals surface area contributed by atoms with E-state index in [9.17, 15) is 14.4 Å². The maximum atomic E-state index is 12.5. The summed E-state index contributed by atoms with van der Waals surface area (Å²) in [5.41, 5.74) is 1.49. The number of aromatic nitrogens is 2. The van der Waals surface area contributed by atoms with E-state index in [4.69, 9.17) is 5.11 Å². The Kier molecular flexibility index (Phi) is 7.32. The van der Waals surface area contributed by atoms with Gasteiger partial charge >= 0.3 is 6.09 Å². The van der Waals surface area contributed by atoms with Gasteiger partial charge < -0.3 is 26.4 Å². The highest BCUT2D eigenvalue weighted by atomic mass is 16.4. The second kappa shape index (κ2) is 11.2. The molecule has 0 aliphatic rings. The molecule has 4 aromatic carbocycles. The number of hydrogen-bond acceptors (Lipinski definition) is 7. The van der Waals surface area contributed by atoms with Gasteiger partial charge in [-0.25, -0.2) is 4.79 Å². The highest BCUT2D eigenvalue weighted by molar-refractivity contribution is 5.83. The van der Waals surface area contributed by atoms with Gasteiger partial charge in [-0.15, -0.1) is 0 Å². The Balaban J connectivity index is 1.57. The summed E-state index contributed by atoms with van der Waals surface area (Å²) in [6.07, 6.45) is 0.413. The number of nitrogens with zero attached hydrogens (tertiary/aromatic N) is 2. The minimum absolute atomic E-state index is 0.0705. The van der Waals surface area contributed by atoms with Gasteiger partial charge in [-0.2, -0.15) is 5.10 Å². The molecule has 0 aliphatic heterocycles. The lowest BCUT2D eigenvalue weighted by atomic mass is 9.77. The standard InChI is InChI=1S/C30H28N6O4/c1-36-28(23(19-33-36)34-25-24(26(37)27(25)38)31-17-18-32-29(39)40)35-30(20-11-5-2-6-12-20,21-13-7-3-8-14-21)22-15-9-4-10-16-22/h2-16,19,31-32,34-35H,17-18H2,1H3,(H,39,40). The summed E-state index contributed by atoms with van der Waals surface area (Å²) >= 11 is 0. The molecule has 10 nitrogen and oxygen atoms in total. The molecule has 1 amide bonds. The van der Waals surface area contributed by atoms with E-state index in [0.717, 1.165) is 16.7 Å². The summed E-state index contributed by atoms with van der Waals surface area (Å²) in [5, 5.41) is 25.1. The van der Waals surface area contributed by atoms with E-state index in [-0.39, 0.29) is 24.5 Å². The SMILES string of the molecule is Cn1ncc(Nc2c(NCCNC(=O)O)c(=O)c2=O)c1NC(c1ccccc1)(c1ccccc1)c1ccccc1. The van der Waals surface area contributed by atoms with Gasteiger partial charge in [-0.05, 0) is 16.7 Å². The van der Waals surface area contributed by atoms with Gasteiger partial charge in [0.2, 0.25) is 0 Å². The zero-order valence-electron chi connectivity index (χ0n) is 21.7. The minimum Gasteiger partial charge on any atom is -0.465 e. The summed E-state index contributed by atoms with van der Waals surface area (Å²) < 4.78 is 1.67. The Morgan fingerprint density at radius 1 is 0.800 bits per heavy atom. The lowest BCUT2D eigenvalue weighted by molar-refractivity contribution is 0.195. The topological polar surface area (TPSA) is 137 Å². The van der Waals surface area contributed by atoms with Crippen LogP contribution in [0.3, 0.4) is 0 Å². The Hall–Kier alpha value is -5.38. The van der Waals surface area contributed by atoms with E-state index in [1.165, 1.54) is 0 Å². The maximum absolute atomic E-state index is 12.5. The number of hydrogen-bond donors (Lipinski definition) is 5. The Labute approximate surface area is 230 Å². The average Bonchev–Trinajstić information content (AvgIpc) is 3.34. The Morgan fingerprint density at radius 2 is 1.30 bits per heavy atom. The smallest absolute Gasteiger partial charge is 0.404 e. The number of benzene rings is 3. The average molecular weight is 537 g/mol. The summed E-state index contributed by atoms with van der Waals surface area (Å²) in [6.45, 7) is 0.212. The van der Waals surface area contributed by atoms with Crippen LogP contribution in [0.2, 0.25) is 0 Å². The number of carbonyl (C=O) groups is 1. The van der Waals surface area contributed by atoms with Crippen molar-refractivity contribution in [1.29, 1.82) is 0 Å². The van der Waals surface area contributed by atoms with Crippen LogP contribution in [0.4, 0.5) is 27.7 Å². The first-order chi connectivity index (χ1) is 19.4. The van der Waals surface area contributed by atoms with Crippen molar-refractivity contribution in [2.75, 3.05) is 29.0 Å². The van der Waals surface area contributed by atoms with Gasteiger partial charge in [-0.3, -0.25) is 14.3 Å². The first kappa shape index (κ1) is 26.2. The van der Waals surface area contributed by atoms with Crippen LogP contribution in [-0.4, -0.2) is 34.1 Å². The van der Waals surface area contributed by atoms with Crippen LogP contribution in [0.15, 0.2) is 107 Å². The molecule has 0 saturated carbocycles. The summed E-state index contributed by atoms with van der Waals surface area (Å²) in [5.74, 6) is 0.586. The summed E-state index contributed by atoms with van der Waals surface area (Å²) in [7, 11) is 1.79. The van der Waals surface area contributed by atoms with E-state index in [1.54, 1.807) is 17.9 Å². The van der Waals surface area contributed by atoms with Crippen molar-refractivity contribution in [2.45, 2.75) is 5.54 Å². The molecule has 5 aromatic rings. The number of aryl methyl sites for hydroxylation is 1.